The SMILES string of the molecule is CCN1CCC(CCNC(=NC)N2CCN(c3cccc(C)c3)CC2)CC1. The number of hydrogen-bond acceptors (Lipinski definition) is 3. The van der Waals surface area contributed by atoms with E-state index in [1.54, 1.807) is 0 Å². The standard InChI is InChI=1S/C22H37N5/c1-4-25-12-9-20(10-13-25)8-11-24-22(23-3)27-16-14-26(15-17-27)21-7-5-6-19(2)18-21/h5-7,18,20H,4,8-17H2,1-3H3,(H,23,24). The van der Waals surface area contributed by atoms with E-state index in [2.05, 4.69) is 63.1 Å². The van der Waals surface area contributed by atoms with E-state index in [4.69, 9.17) is 0 Å². The van der Waals surface area contributed by atoms with Crippen molar-refractivity contribution in [3.63, 3.8) is 0 Å². The van der Waals surface area contributed by atoms with Gasteiger partial charge in [0.1, 0.15) is 0 Å². The van der Waals surface area contributed by atoms with E-state index in [1.165, 1.54) is 50.1 Å². The normalized spacial score (nSPS) is 20.2. The predicted molar refractivity (Wildman–Crippen MR) is 116 cm³/mol. The molecule has 0 atom stereocenters. The summed E-state index contributed by atoms with van der Waals surface area (Å²) in [5, 5.41) is 3.62. The summed E-state index contributed by atoms with van der Waals surface area (Å²) >= 11 is 0. The molecule has 1 N–H and O–H groups in total. The lowest BCUT2D eigenvalue weighted by Crippen LogP contribution is -2.52. The lowest BCUT2D eigenvalue weighted by atomic mass is 9.93. The highest BCUT2D eigenvalue weighted by molar-refractivity contribution is 5.80. The summed E-state index contributed by atoms with van der Waals surface area (Å²) in [6.45, 7) is 13.4. The Kier molecular flexibility index (Phi) is 7.39. The molecular formula is C22H37N5. The monoisotopic (exact) mass is 371 g/mol. The predicted octanol–water partition coefficient (Wildman–Crippen LogP) is 2.81. The minimum atomic E-state index is 0.872. The van der Waals surface area contributed by atoms with Gasteiger partial charge in [-0.3, -0.25) is 4.99 Å². The average Bonchev–Trinajstić information content (AvgIpc) is 2.72. The molecule has 2 aliphatic heterocycles. The fraction of sp³-hybridized carbons (Fsp3) is 0.682. The second-order valence-electron chi connectivity index (χ2n) is 7.95. The van der Waals surface area contributed by atoms with Crippen molar-refractivity contribution in [3.05, 3.63) is 29.8 Å². The van der Waals surface area contributed by atoms with Gasteiger partial charge in [-0.25, -0.2) is 0 Å². The number of benzene rings is 1. The molecule has 0 bridgehead atoms. The molecule has 2 aliphatic rings. The van der Waals surface area contributed by atoms with Gasteiger partial charge in [-0.15, -0.1) is 0 Å². The highest BCUT2D eigenvalue weighted by Gasteiger charge is 2.21. The highest BCUT2D eigenvalue weighted by Crippen LogP contribution is 2.20. The summed E-state index contributed by atoms with van der Waals surface area (Å²) in [4.78, 5) is 12.0. The third kappa shape index (κ3) is 5.61. The first kappa shape index (κ1) is 20.0. The third-order valence-electron chi connectivity index (χ3n) is 6.15. The molecule has 0 spiro atoms. The van der Waals surface area contributed by atoms with Crippen molar-refractivity contribution in [3.8, 4) is 0 Å². The maximum Gasteiger partial charge on any atom is 0.193 e. The van der Waals surface area contributed by atoms with Crippen LogP contribution in [-0.2, 0) is 0 Å². The Morgan fingerprint density at radius 2 is 1.85 bits per heavy atom. The van der Waals surface area contributed by atoms with E-state index in [1.807, 2.05) is 7.05 Å². The molecule has 5 heteroatoms. The minimum absolute atomic E-state index is 0.872. The maximum atomic E-state index is 4.54. The molecule has 2 saturated heterocycles. The van der Waals surface area contributed by atoms with E-state index < -0.39 is 0 Å². The summed E-state index contributed by atoms with van der Waals surface area (Å²) in [6.07, 6.45) is 3.96. The number of anilines is 1. The third-order valence-corrected chi connectivity index (χ3v) is 6.15. The number of likely N-dealkylation sites (tertiary alicyclic amines) is 1. The quantitative estimate of drug-likeness (QED) is 0.637. The largest absolute Gasteiger partial charge is 0.368 e. The van der Waals surface area contributed by atoms with Crippen LogP contribution in [0.3, 0.4) is 0 Å². The number of aryl methyl sites for hydroxylation is 1. The molecule has 0 aliphatic carbocycles. The van der Waals surface area contributed by atoms with Gasteiger partial charge in [-0.1, -0.05) is 19.1 Å². The summed E-state index contributed by atoms with van der Waals surface area (Å²) in [7, 11) is 1.91. The van der Waals surface area contributed by atoms with Crippen LogP contribution in [0.4, 0.5) is 5.69 Å². The fourth-order valence-electron chi connectivity index (χ4n) is 4.31. The van der Waals surface area contributed by atoms with Crippen molar-refractivity contribution in [1.82, 2.24) is 15.1 Å². The van der Waals surface area contributed by atoms with Gasteiger partial charge in [0.25, 0.3) is 0 Å². The number of hydrogen-bond donors (Lipinski definition) is 1. The zero-order chi connectivity index (χ0) is 19.1. The Balaban J connectivity index is 1.40. The number of piperidine rings is 1. The van der Waals surface area contributed by atoms with Crippen molar-refractivity contribution in [2.45, 2.75) is 33.1 Å². The molecule has 1 aromatic carbocycles. The molecular weight excluding hydrogens is 334 g/mol. The van der Waals surface area contributed by atoms with Gasteiger partial charge >= 0.3 is 0 Å². The van der Waals surface area contributed by atoms with Crippen molar-refractivity contribution >= 4 is 11.6 Å². The molecule has 0 amide bonds. The van der Waals surface area contributed by atoms with E-state index in [0.717, 1.165) is 44.6 Å². The molecule has 27 heavy (non-hydrogen) atoms. The molecule has 0 unspecified atom stereocenters. The Labute approximate surface area is 165 Å². The van der Waals surface area contributed by atoms with Crippen LogP contribution < -0.4 is 10.2 Å². The topological polar surface area (TPSA) is 34.1 Å². The summed E-state index contributed by atoms with van der Waals surface area (Å²) in [5.74, 6) is 1.95. The van der Waals surface area contributed by atoms with Crippen LogP contribution >= 0.6 is 0 Å². The summed E-state index contributed by atoms with van der Waals surface area (Å²) in [6, 6.07) is 8.83. The van der Waals surface area contributed by atoms with Gasteiger partial charge in [0, 0.05) is 45.5 Å². The second kappa shape index (κ2) is 9.98. The smallest absolute Gasteiger partial charge is 0.193 e. The van der Waals surface area contributed by atoms with Crippen LogP contribution in [0.15, 0.2) is 29.3 Å². The zero-order valence-corrected chi connectivity index (χ0v) is 17.5. The Morgan fingerprint density at radius 1 is 1.11 bits per heavy atom. The molecule has 0 radical (unpaired) electrons. The summed E-state index contributed by atoms with van der Waals surface area (Å²) in [5.41, 5.74) is 2.67. The molecule has 2 fully saturated rings. The van der Waals surface area contributed by atoms with E-state index in [-0.39, 0.29) is 0 Å². The van der Waals surface area contributed by atoms with Crippen molar-refractivity contribution in [1.29, 1.82) is 0 Å². The molecule has 5 nitrogen and oxygen atoms in total. The van der Waals surface area contributed by atoms with E-state index in [0.29, 0.717) is 0 Å². The maximum absolute atomic E-state index is 4.54. The van der Waals surface area contributed by atoms with Crippen LogP contribution in [0.2, 0.25) is 0 Å². The number of nitrogens with zero attached hydrogens (tertiary/aromatic N) is 4. The first-order valence-corrected chi connectivity index (χ1v) is 10.7. The number of rotatable bonds is 5. The Morgan fingerprint density at radius 3 is 2.48 bits per heavy atom. The molecule has 1 aromatic rings. The van der Waals surface area contributed by atoms with Crippen LogP contribution in [-0.4, -0.2) is 75.2 Å². The first-order chi connectivity index (χ1) is 13.2. The van der Waals surface area contributed by atoms with Crippen LogP contribution in [0.1, 0.15) is 31.7 Å². The molecule has 3 rings (SSSR count). The van der Waals surface area contributed by atoms with Crippen molar-refractivity contribution in [2.24, 2.45) is 10.9 Å². The average molecular weight is 372 g/mol. The Bertz CT molecular complexity index is 598. The first-order valence-electron chi connectivity index (χ1n) is 10.7. The number of guanidine groups is 1. The van der Waals surface area contributed by atoms with Crippen molar-refractivity contribution < 1.29 is 0 Å². The fourth-order valence-corrected chi connectivity index (χ4v) is 4.31. The van der Waals surface area contributed by atoms with E-state index >= 15 is 0 Å². The lowest BCUT2D eigenvalue weighted by Gasteiger charge is -2.38. The molecule has 150 valence electrons. The number of nitrogens with one attached hydrogen (secondary N) is 1. The second-order valence-corrected chi connectivity index (χ2v) is 7.95. The van der Waals surface area contributed by atoms with Gasteiger partial charge in [0.05, 0.1) is 0 Å². The molecule has 2 heterocycles. The van der Waals surface area contributed by atoms with Crippen LogP contribution in [0, 0.1) is 12.8 Å². The molecule has 0 saturated carbocycles. The van der Waals surface area contributed by atoms with Gasteiger partial charge in [-0.2, -0.15) is 0 Å². The van der Waals surface area contributed by atoms with Gasteiger partial charge < -0.3 is 20.0 Å². The van der Waals surface area contributed by atoms with Gasteiger partial charge in [-0.05, 0) is 69.4 Å². The van der Waals surface area contributed by atoms with Crippen LogP contribution in [0.5, 0.6) is 0 Å². The minimum Gasteiger partial charge on any atom is -0.368 e. The molecule has 0 aromatic heterocycles. The van der Waals surface area contributed by atoms with Gasteiger partial charge in [0.15, 0.2) is 5.96 Å². The van der Waals surface area contributed by atoms with E-state index in [9.17, 15) is 0 Å². The Hall–Kier alpha value is -1.75. The highest BCUT2D eigenvalue weighted by atomic mass is 15.3. The van der Waals surface area contributed by atoms with Crippen LogP contribution in [0.25, 0.3) is 0 Å². The van der Waals surface area contributed by atoms with Crippen molar-refractivity contribution in [2.75, 3.05) is 64.3 Å². The zero-order valence-electron chi connectivity index (χ0n) is 17.5. The summed E-state index contributed by atoms with van der Waals surface area (Å²) < 4.78 is 0. The van der Waals surface area contributed by atoms with Gasteiger partial charge in [0.2, 0.25) is 0 Å². The number of aliphatic imine (C=N–C) groups is 1. The number of piperazine rings is 1. The lowest BCUT2D eigenvalue weighted by molar-refractivity contribution is 0.187.